The Bertz CT molecular complexity index is 557. The number of hydrogen-bond acceptors (Lipinski definition) is 3. The molecule has 1 aromatic rings. The maximum absolute atomic E-state index is 12.6. The number of carbonyl (C=O) groups is 1. The third-order valence-corrected chi connectivity index (χ3v) is 6.22. The average molecular weight is 344 g/mol. The summed E-state index contributed by atoms with van der Waals surface area (Å²) in [5, 5.41) is 3.20. The normalized spacial score (nSPS) is 20.3. The molecule has 4 nitrogen and oxygen atoms in total. The van der Waals surface area contributed by atoms with E-state index in [4.69, 9.17) is 0 Å². The van der Waals surface area contributed by atoms with Crippen molar-refractivity contribution in [1.29, 1.82) is 0 Å². The Labute approximate surface area is 152 Å². The minimum Gasteiger partial charge on any atom is -0.350 e. The first-order valence-electron chi connectivity index (χ1n) is 9.94. The number of hydrogen-bond donors (Lipinski definition) is 1. The Balaban J connectivity index is 1.55. The first-order valence-corrected chi connectivity index (χ1v) is 9.94. The van der Waals surface area contributed by atoms with Gasteiger partial charge in [0.05, 0.1) is 0 Å². The van der Waals surface area contributed by atoms with Crippen molar-refractivity contribution in [3.05, 3.63) is 35.4 Å². The zero-order valence-corrected chi connectivity index (χ0v) is 15.9. The molecule has 3 rings (SSSR count). The van der Waals surface area contributed by atoms with Crippen molar-refractivity contribution in [3.8, 4) is 0 Å². The van der Waals surface area contributed by atoms with E-state index in [9.17, 15) is 4.79 Å². The minimum absolute atomic E-state index is 0.0588. The van der Waals surface area contributed by atoms with Gasteiger partial charge in [0.1, 0.15) is 0 Å². The van der Waals surface area contributed by atoms with Gasteiger partial charge in [0, 0.05) is 24.2 Å². The number of rotatable bonds is 7. The SMILES string of the molecule is CCN(C)C1(CNC(=O)c2ccc(CN3CCCC3)cc2)CCCC1. The maximum Gasteiger partial charge on any atom is 0.251 e. The van der Waals surface area contributed by atoms with E-state index in [0.717, 1.165) is 25.2 Å². The molecular formula is C21H33N3O. The van der Waals surface area contributed by atoms with E-state index >= 15 is 0 Å². The third-order valence-electron chi connectivity index (χ3n) is 6.22. The van der Waals surface area contributed by atoms with Crippen molar-refractivity contribution < 1.29 is 4.79 Å². The van der Waals surface area contributed by atoms with Crippen molar-refractivity contribution >= 4 is 5.91 Å². The molecule has 4 heteroatoms. The Morgan fingerprint density at radius 1 is 1.12 bits per heavy atom. The minimum atomic E-state index is 0.0588. The number of benzene rings is 1. The lowest BCUT2D eigenvalue weighted by Crippen LogP contribution is -2.52. The molecule has 1 aromatic carbocycles. The standard InChI is InChI=1S/C21H33N3O/c1-3-23(2)21(12-4-5-13-21)17-22-20(25)19-10-8-18(9-11-19)16-24-14-6-7-15-24/h8-11H,3-7,12-17H2,1-2H3,(H,22,25). The van der Waals surface area contributed by atoms with Gasteiger partial charge in [-0.3, -0.25) is 14.6 Å². The molecule has 25 heavy (non-hydrogen) atoms. The second kappa shape index (κ2) is 8.33. The second-order valence-corrected chi connectivity index (χ2v) is 7.81. The fraction of sp³-hybridized carbons (Fsp3) is 0.667. The summed E-state index contributed by atoms with van der Waals surface area (Å²) in [7, 11) is 2.19. The van der Waals surface area contributed by atoms with Gasteiger partial charge < -0.3 is 5.32 Å². The van der Waals surface area contributed by atoms with Crippen LogP contribution in [0.5, 0.6) is 0 Å². The first kappa shape index (κ1) is 18.4. The summed E-state index contributed by atoms with van der Waals surface area (Å²) in [6.45, 7) is 7.39. The lowest BCUT2D eigenvalue weighted by atomic mass is 9.95. The maximum atomic E-state index is 12.6. The third kappa shape index (κ3) is 4.42. The predicted octanol–water partition coefficient (Wildman–Crippen LogP) is 3.28. The summed E-state index contributed by atoms with van der Waals surface area (Å²) >= 11 is 0. The van der Waals surface area contributed by atoms with Gasteiger partial charge in [-0.1, -0.05) is 31.9 Å². The van der Waals surface area contributed by atoms with Crippen molar-refractivity contribution in [2.45, 2.75) is 57.5 Å². The van der Waals surface area contributed by atoms with Crippen LogP contribution in [0.25, 0.3) is 0 Å². The van der Waals surface area contributed by atoms with Gasteiger partial charge in [-0.05, 0) is 70.1 Å². The second-order valence-electron chi connectivity index (χ2n) is 7.81. The summed E-state index contributed by atoms with van der Waals surface area (Å²) < 4.78 is 0. The fourth-order valence-corrected chi connectivity index (χ4v) is 4.37. The number of likely N-dealkylation sites (tertiary alicyclic amines) is 1. The summed E-state index contributed by atoms with van der Waals surface area (Å²) in [6, 6.07) is 8.17. The Morgan fingerprint density at radius 3 is 2.36 bits per heavy atom. The van der Waals surface area contributed by atoms with Gasteiger partial charge in [-0.15, -0.1) is 0 Å². The largest absolute Gasteiger partial charge is 0.350 e. The Morgan fingerprint density at radius 2 is 1.76 bits per heavy atom. The molecule has 138 valence electrons. The van der Waals surface area contributed by atoms with Crippen LogP contribution < -0.4 is 5.32 Å². The van der Waals surface area contributed by atoms with Gasteiger partial charge >= 0.3 is 0 Å². The molecule has 1 amide bonds. The molecule has 0 unspecified atom stereocenters. The molecule has 2 aliphatic rings. The van der Waals surface area contributed by atoms with Crippen LogP contribution in [-0.2, 0) is 6.54 Å². The number of amides is 1. The molecule has 1 saturated carbocycles. The number of nitrogens with one attached hydrogen (secondary N) is 1. The van der Waals surface area contributed by atoms with Crippen molar-refractivity contribution in [1.82, 2.24) is 15.1 Å². The molecule has 0 aromatic heterocycles. The van der Waals surface area contributed by atoms with Crippen LogP contribution in [0.2, 0.25) is 0 Å². The van der Waals surface area contributed by atoms with E-state index in [1.807, 2.05) is 12.1 Å². The smallest absolute Gasteiger partial charge is 0.251 e. The van der Waals surface area contributed by atoms with Crippen LogP contribution >= 0.6 is 0 Å². The molecular weight excluding hydrogens is 310 g/mol. The fourth-order valence-electron chi connectivity index (χ4n) is 4.37. The van der Waals surface area contributed by atoms with E-state index in [-0.39, 0.29) is 11.4 Å². The van der Waals surface area contributed by atoms with E-state index in [2.05, 4.69) is 41.2 Å². The summed E-state index contributed by atoms with van der Waals surface area (Å²) in [5.74, 6) is 0.0588. The van der Waals surface area contributed by atoms with Crippen LogP contribution in [-0.4, -0.2) is 54.5 Å². The zero-order chi connectivity index (χ0) is 17.7. The quantitative estimate of drug-likeness (QED) is 0.825. The van der Waals surface area contributed by atoms with E-state index < -0.39 is 0 Å². The van der Waals surface area contributed by atoms with Crippen LogP contribution in [0, 0.1) is 0 Å². The number of nitrogens with zero attached hydrogens (tertiary/aromatic N) is 2. The highest BCUT2D eigenvalue weighted by Crippen LogP contribution is 2.33. The first-order chi connectivity index (χ1) is 12.1. The molecule has 1 saturated heterocycles. The van der Waals surface area contributed by atoms with E-state index in [1.54, 1.807) is 0 Å². The number of likely N-dealkylation sites (N-methyl/N-ethyl adjacent to an activating group) is 1. The van der Waals surface area contributed by atoms with Crippen LogP contribution in [0.1, 0.15) is 61.4 Å². The van der Waals surface area contributed by atoms with E-state index in [0.29, 0.717) is 0 Å². The highest BCUT2D eigenvalue weighted by Gasteiger charge is 2.37. The van der Waals surface area contributed by atoms with E-state index in [1.165, 1.54) is 57.2 Å². The Hall–Kier alpha value is -1.39. The van der Waals surface area contributed by atoms with Crippen LogP contribution in [0.3, 0.4) is 0 Å². The van der Waals surface area contributed by atoms with Crippen molar-refractivity contribution in [2.75, 3.05) is 33.2 Å². The molecule has 1 N–H and O–H groups in total. The summed E-state index contributed by atoms with van der Waals surface area (Å²) in [5.41, 5.74) is 2.23. The van der Waals surface area contributed by atoms with Crippen LogP contribution in [0.15, 0.2) is 24.3 Å². The zero-order valence-electron chi connectivity index (χ0n) is 15.9. The lowest BCUT2D eigenvalue weighted by molar-refractivity contribution is 0.0874. The van der Waals surface area contributed by atoms with Crippen molar-refractivity contribution in [3.63, 3.8) is 0 Å². The predicted molar refractivity (Wildman–Crippen MR) is 103 cm³/mol. The lowest BCUT2D eigenvalue weighted by Gasteiger charge is -2.38. The molecule has 0 bridgehead atoms. The van der Waals surface area contributed by atoms with Gasteiger partial charge in [-0.25, -0.2) is 0 Å². The molecule has 2 fully saturated rings. The highest BCUT2D eigenvalue weighted by molar-refractivity contribution is 5.94. The average Bonchev–Trinajstić information content (AvgIpc) is 3.32. The molecule has 0 radical (unpaired) electrons. The van der Waals surface area contributed by atoms with Gasteiger partial charge in [0.2, 0.25) is 0 Å². The van der Waals surface area contributed by atoms with Crippen LogP contribution in [0.4, 0.5) is 0 Å². The molecule has 1 aliphatic heterocycles. The van der Waals surface area contributed by atoms with Crippen molar-refractivity contribution in [2.24, 2.45) is 0 Å². The van der Waals surface area contributed by atoms with Gasteiger partial charge in [-0.2, -0.15) is 0 Å². The Kier molecular flexibility index (Phi) is 6.13. The molecule has 1 aliphatic carbocycles. The summed E-state index contributed by atoms with van der Waals surface area (Å²) in [6.07, 6.45) is 7.54. The topological polar surface area (TPSA) is 35.6 Å². The molecule has 0 spiro atoms. The number of carbonyl (C=O) groups excluding carboxylic acids is 1. The summed E-state index contributed by atoms with van der Waals surface area (Å²) in [4.78, 5) is 17.5. The monoisotopic (exact) mass is 343 g/mol. The van der Waals surface area contributed by atoms with Gasteiger partial charge in [0.15, 0.2) is 0 Å². The van der Waals surface area contributed by atoms with Gasteiger partial charge in [0.25, 0.3) is 5.91 Å². The highest BCUT2D eigenvalue weighted by atomic mass is 16.1. The molecule has 0 atom stereocenters. The molecule has 1 heterocycles.